The minimum Gasteiger partial charge on any atom is -0.379 e. The van der Waals surface area contributed by atoms with Crippen molar-refractivity contribution in [3.8, 4) is 0 Å². The molecule has 0 aromatic heterocycles. The number of rotatable bonds is 5. The van der Waals surface area contributed by atoms with Crippen LogP contribution in [-0.2, 0) is 0 Å². The maximum Gasteiger partial charge on any atom is 0.0364 e. The molecule has 0 aliphatic carbocycles. The van der Waals surface area contributed by atoms with Crippen LogP contribution >= 0.6 is 0 Å². The van der Waals surface area contributed by atoms with Crippen molar-refractivity contribution in [2.45, 2.75) is 27.7 Å². The lowest BCUT2D eigenvalue weighted by atomic mass is 10.3. The van der Waals surface area contributed by atoms with Crippen LogP contribution < -0.4 is 0 Å². The highest BCUT2D eigenvalue weighted by molar-refractivity contribution is 6.08. The van der Waals surface area contributed by atoms with Gasteiger partial charge in [-0.1, -0.05) is 0 Å². The van der Waals surface area contributed by atoms with E-state index in [0.29, 0.717) is 0 Å². The van der Waals surface area contributed by atoms with Crippen molar-refractivity contribution in [3.05, 3.63) is 11.8 Å². The normalized spacial score (nSPS) is 13.5. The maximum absolute atomic E-state index is 4.34. The van der Waals surface area contributed by atoms with Crippen LogP contribution in [0.2, 0.25) is 0 Å². The first-order valence-electron chi connectivity index (χ1n) is 5.09. The van der Waals surface area contributed by atoms with E-state index < -0.39 is 0 Å². The largest absolute Gasteiger partial charge is 0.379 e. The van der Waals surface area contributed by atoms with Crippen molar-refractivity contribution in [3.63, 3.8) is 0 Å². The average Bonchev–Trinajstić information content (AvgIpc) is 2.06. The van der Waals surface area contributed by atoms with Crippen LogP contribution in [0.3, 0.4) is 0 Å². The fourth-order valence-electron chi connectivity index (χ4n) is 1.41. The second-order valence-electron chi connectivity index (χ2n) is 3.07. The van der Waals surface area contributed by atoms with E-state index in [2.05, 4.69) is 43.7 Å². The Bertz CT molecular complexity index is 193. The van der Waals surface area contributed by atoms with Crippen molar-refractivity contribution >= 4 is 16.0 Å². The third-order valence-electron chi connectivity index (χ3n) is 2.09. The van der Waals surface area contributed by atoms with E-state index in [-0.39, 0.29) is 0 Å². The number of hydrogen-bond donors (Lipinski definition) is 0. The van der Waals surface area contributed by atoms with Crippen LogP contribution in [0.4, 0.5) is 0 Å². The molecule has 0 atom stereocenters. The topological polar surface area (TPSA) is 15.6 Å². The van der Waals surface area contributed by atoms with Crippen LogP contribution in [0.1, 0.15) is 27.7 Å². The third-order valence-corrected chi connectivity index (χ3v) is 2.85. The summed E-state index contributed by atoms with van der Waals surface area (Å²) in [6.45, 7) is 10.5. The molecule has 2 nitrogen and oxygen atoms in total. The highest BCUT2D eigenvalue weighted by Gasteiger charge is 1.98. The van der Waals surface area contributed by atoms with Gasteiger partial charge < -0.3 is 4.90 Å². The van der Waals surface area contributed by atoms with Gasteiger partial charge in [0.2, 0.25) is 0 Å². The van der Waals surface area contributed by atoms with Crippen LogP contribution in [0, 0.1) is 0 Å². The Morgan fingerprint density at radius 3 is 2.38 bits per heavy atom. The molecule has 0 spiro atoms. The molecule has 0 unspecified atom stereocenters. The second-order valence-corrected chi connectivity index (χ2v) is 3.71. The first kappa shape index (κ1) is 12.4. The van der Waals surface area contributed by atoms with Gasteiger partial charge in [-0.15, -0.1) is 0 Å². The van der Waals surface area contributed by atoms with Gasteiger partial charge in [0.25, 0.3) is 0 Å². The summed E-state index contributed by atoms with van der Waals surface area (Å²) < 4.78 is 0. The van der Waals surface area contributed by atoms with Crippen molar-refractivity contribution in [1.29, 1.82) is 0 Å². The Hall–Kier alpha value is -0.573. The van der Waals surface area contributed by atoms with E-state index in [4.69, 9.17) is 0 Å². The van der Waals surface area contributed by atoms with Crippen LogP contribution in [0.15, 0.2) is 16.8 Å². The molecule has 0 aliphatic heterocycles. The predicted molar refractivity (Wildman–Crippen MR) is 64.6 cm³/mol. The summed E-state index contributed by atoms with van der Waals surface area (Å²) in [7, 11) is 1.23. The first-order chi connectivity index (χ1) is 6.15. The van der Waals surface area contributed by atoms with Gasteiger partial charge in [0.15, 0.2) is 0 Å². The zero-order valence-electron chi connectivity index (χ0n) is 9.59. The molecule has 0 radical (unpaired) electrons. The maximum atomic E-state index is 4.34. The van der Waals surface area contributed by atoms with Gasteiger partial charge in [-0.2, -0.15) is 0 Å². The van der Waals surface area contributed by atoms with Gasteiger partial charge in [0, 0.05) is 40.9 Å². The SMILES string of the molecule is CCN=C(C)/C=C(/C)N(CC)C[SiH3]. The van der Waals surface area contributed by atoms with Gasteiger partial charge in [0.1, 0.15) is 0 Å². The number of hydrogen-bond acceptors (Lipinski definition) is 2. The van der Waals surface area contributed by atoms with Crippen LogP contribution in [-0.4, -0.2) is 40.1 Å². The molecule has 3 heteroatoms. The average molecular weight is 198 g/mol. The summed E-state index contributed by atoms with van der Waals surface area (Å²) in [5.41, 5.74) is 2.47. The van der Waals surface area contributed by atoms with Gasteiger partial charge in [-0.25, -0.2) is 0 Å². The molecular formula is C10H22N2Si. The van der Waals surface area contributed by atoms with Crippen molar-refractivity contribution in [1.82, 2.24) is 4.90 Å². The van der Waals surface area contributed by atoms with E-state index in [1.54, 1.807) is 0 Å². The number of nitrogens with zero attached hydrogens (tertiary/aromatic N) is 2. The molecule has 0 saturated heterocycles. The summed E-state index contributed by atoms with van der Waals surface area (Å²) in [4.78, 5) is 6.73. The lowest BCUT2D eigenvalue weighted by Crippen LogP contribution is -2.23. The fourth-order valence-corrected chi connectivity index (χ4v) is 2.36. The Kier molecular flexibility index (Phi) is 6.59. The molecule has 0 saturated carbocycles. The molecule has 0 aliphatic rings. The van der Waals surface area contributed by atoms with Gasteiger partial charge >= 0.3 is 0 Å². The summed E-state index contributed by atoms with van der Waals surface area (Å²) in [5, 5.41) is 0. The standard InChI is InChI=1S/C10H22N2Si/c1-5-11-9(3)7-10(4)12(6-2)8-13/h7H,5-6,8H2,1-4,13H3/b10-7-,11-9?. The molecule has 13 heavy (non-hydrogen) atoms. The molecule has 0 heterocycles. The number of aliphatic imine (C=N–C) groups is 1. The minimum absolute atomic E-state index is 0.878. The minimum atomic E-state index is 0.878. The zero-order chi connectivity index (χ0) is 10.3. The molecular weight excluding hydrogens is 176 g/mol. The van der Waals surface area contributed by atoms with E-state index in [9.17, 15) is 0 Å². The van der Waals surface area contributed by atoms with E-state index in [1.165, 1.54) is 22.1 Å². The highest BCUT2D eigenvalue weighted by atomic mass is 28.1. The van der Waals surface area contributed by atoms with Gasteiger partial charge in [-0.05, 0) is 33.8 Å². The summed E-state index contributed by atoms with van der Waals surface area (Å²) >= 11 is 0. The zero-order valence-corrected chi connectivity index (χ0v) is 11.6. The highest BCUT2D eigenvalue weighted by Crippen LogP contribution is 2.01. The van der Waals surface area contributed by atoms with Crippen molar-refractivity contribution in [2.75, 3.05) is 19.3 Å². The van der Waals surface area contributed by atoms with E-state index >= 15 is 0 Å². The Balaban J connectivity index is 4.37. The lowest BCUT2D eigenvalue weighted by Gasteiger charge is -2.21. The summed E-state index contributed by atoms with van der Waals surface area (Å²) in [5.74, 6) is 0. The molecule has 0 rings (SSSR count). The quantitative estimate of drug-likeness (QED) is 0.476. The smallest absolute Gasteiger partial charge is 0.0364 e. The van der Waals surface area contributed by atoms with Crippen molar-refractivity contribution in [2.24, 2.45) is 4.99 Å². The molecule has 0 aromatic carbocycles. The molecule has 0 aromatic rings. The predicted octanol–water partition coefficient (Wildman–Crippen LogP) is 1.02. The first-order valence-corrected chi connectivity index (χ1v) is 6.51. The molecule has 0 bridgehead atoms. The molecule has 0 N–H and O–H groups in total. The second kappa shape index (κ2) is 6.89. The Morgan fingerprint density at radius 2 is 2.00 bits per heavy atom. The molecule has 0 fully saturated rings. The summed E-state index contributed by atoms with van der Waals surface area (Å²) in [6.07, 6.45) is 3.38. The summed E-state index contributed by atoms with van der Waals surface area (Å²) in [6, 6.07) is 0. The van der Waals surface area contributed by atoms with Gasteiger partial charge in [-0.3, -0.25) is 4.99 Å². The molecule has 0 amide bonds. The van der Waals surface area contributed by atoms with E-state index in [0.717, 1.165) is 18.8 Å². The Morgan fingerprint density at radius 1 is 1.38 bits per heavy atom. The van der Waals surface area contributed by atoms with Crippen molar-refractivity contribution < 1.29 is 0 Å². The van der Waals surface area contributed by atoms with Crippen LogP contribution in [0.25, 0.3) is 0 Å². The third kappa shape index (κ3) is 4.88. The number of allylic oxidation sites excluding steroid dienone is 2. The van der Waals surface area contributed by atoms with E-state index in [1.807, 2.05) is 0 Å². The van der Waals surface area contributed by atoms with Gasteiger partial charge in [0.05, 0.1) is 0 Å². The fraction of sp³-hybridized carbons (Fsp3) is 0.700. The van der Waals surface area contributed by atoms with Crippen LogP contribution in [0.5, 0.6) is 0 Å². The Labute approximate surface area is 85.2 Å². The molecule has 76 valence electrons. The monoisotopic (exact) mass is 198 g/mol. The lowest BCUT2D eigenvalue weighted by molar-refractivity contribution is 0.422.